The van der Waals surface area contributed by atoms with Crippen LogP contribution in [0.4, 0.5) is 0 Å². The van der Waals surface area contributed by atoms with E-state index >= 15 is 0 Å². The van der Waals surface area contributed by atoms with Crippen molar-refractivity contribution < 1.29 is 29.3 Å². The predicted octanol–water partition coefficient (Wildman–Crippen LogP) is 2.60. The monoisotopic (exact) mass is 312 g/mol. The molecule has 1 aliphatic heterocycles. The van der Waals surface area contributed by atoms with E-state index in [0.717, 1.165) is 25.7 Å². The summed E-state index contributed by atoms with van der Waals surface area (Å²) in [6.07, 6.45) is 4.90. The Bertz CT molecular complexity index is 446. The van der Waals surface area contributed by atoms with E-state index in [1.807, 2.05) is 0 Å². The van der Waals surface area contributed by atoms with E-state index in [1.54, 1.807) is 0 Å². The third kappa shape index (κ3) is 3.42. The molecule has 124 valence electrons. The summed E-state index contributed by atoms with van der Waals surface area (Å²) < 4.78 is 5.49. The molecule has 1 heterocycles. The van der Waals surface area contributed by atoms with E-state index in [0.29, 0.717) is 32.1 Å². The number of hydrogen-bond donors (Lipinski definition) is 2. The molecule has 2 N–H and O–H groups in total. The summed E-state index contributed by atoms with van der Waals surface area (Å²) in [5.41, 5.74) is -1.12. The molecule has 3 atom stereocenters. The molecule has 1 saturated heterocycles. The molecular formula is C16H24O6. The summed E-state index contributed by atoms with van der Waals surface area (Å²) in [7, 11) is 0. The van der Waals surface area contributed by atoms with E-state index in [-0.39, 0.29) is 18.3 Å². The van der Waals surface area contributed by atoms with Gasteiger partial charge in [0.1, 0.15) is 11.5 Å². The van der Waals surface area contributed by atoms with Crippen LogP contribution in [0.1, 0.15) is 64.2 Å². The Balaban J connectivity index is 2.27. The number of carboxylic acids is 2. The molecule has 0 spiro atoms. The van der Waals surface area contributed by atoms with Crippen LogP contribution in [-0.2, 0) is 19.1 Å². The van der Waals surface area contributed by atoms with E-state index in [9.17, 15) is 19.5 Å². The lowest BCUT2D eigenvalue weighted by Crippen LogP contribution is -2.51. The minimum atomic E-state index is -1.12. The second-order valence-electron chi connectivity index (χ2n) is 6.44. The molecule has 22 heavy (non-hydrogen) atoms. The van der Waals surface area contributed by atoms with Gasteiger partial charge in [-0.25, -0.2) is 0 Å². The molecule has 1 saturated carbocycles. The third-order valence-electron chi connectivity index (χ3n) is 5.17. The van der Waals surface area contributed by atoms with Gasteiger partial charge in [0.2, 0.25) is 0 Å². The lowest BCUT2D eigenvalue weighted by Gasteiger charge is -2.45. The Morgan fingerprint density at radius 3 is 2.55 bits per heavy atom. The zero-order valence-corrected chi connectivity index (χ0v) is 12.8. The van der Waals surface area contributed by atoms with Crippen LogP contribution in [0.15, 0.2) is 0 Å². The Kier molecular flexibility index (Phi) is 5.42. The SMILES string of the molecule is O=C(O)CCC1CCCCC1(C(=O)O)C1CCCCC(=O)O1. The van der Waals surface area contributed by atoms with Crippen LogP contribution in [0.5, 0.6) is 0 Å². The number of rotatable bonds is 5. The lowest BCUT2D eigenvalue weighted by atomic mass is 9.61. The zero-order valence-electron chi connectivity index (χ0n) is 12.8. The number of carbonyl (C=O) groups excluding carboxylic acids is 1. The zero-order chi connectivity index (χ0) is 16.2. The molecule has 0 aromatic heterocycles. The number of carbonyl (C=O) groups is 3. The summed E-state index contributed by atoms with van der Waals surface area (Å²) in [6, 6.07) is 0. The van der Waals surface area contributed by atoms with Crippen molar-refractivity contribution in [2.75, 3.05) is 0 Å². The maximum atomic E-state index is 12.1. The van der Waals surface area contributed by atoms with Gasteiger partial charge >= 0.3 is 17.9 Å². The largest absolute Gasteiger partial charge is 0.481 e. The van der Waals surface area contributed by atoms with Crippen molar-refractivity contribution in [3.63, 3.8) is 0 Å². The van der Waals surface area contributed by atoms with Gasteiger partial charge in [-0.3, -0.25) is 14.4 Å². The average molecular weight is 312 g/mol. The molecule has 2 rings (SSSR count). The molecule has 0 radical (unpaired) electrons. The maximum absolute atomic E-state index is 12.1. The van der Waals surface area contributed by atoms with Gasteiger partial charge in [0, 0.05) is 12.8 Å². The van der Waals surface area contributed by atoms with Crippen LogP contribution in [-0.4, -0.2) is 34.2 Å². The number of hydrogen-bond acceptors (Lipinski definition) is 4. The molecule has 6 nitrogen and oxygen atoms in total. The van der Waals surface area contributed by atoms with Gasteiger partial charge in [0.05, 0.1) is 0 Å². The van der Waals surface area contributed by atoms with E-state index in [1.165, 1.54) is 0 Å². The molecule has 3 unspecified atom stereocenters. The van der Waals surface area contributed by atoms with E-state index < -0.39 is 23.5 Å². The molecule has 0 aromatic rings. The fourth-order valence-corrected chi connectivity index (χ4v) is 4.05. The Morgan fingerprint density at radius 2 is 1.86 bits per heavy atom. The summed E-state index contributed by atoms with van der Waals surface area (Å²) in [5.74, 6) is -2.43. The van der Waals surface area contributed by atoms with Crippen molar-refractivity contribution in [3.05, 3.63) is 0 Å². The van der Waals surface area contributed by atoms with Crippen LogP contribution in [0.25, 0.3) is 0 Å². The topological polar surface area (TPSA) is 101 Å². The number of aliphatic carboxylic acids is 2. The lowest BCUT2D eigenvalue weighted by molar-refractivity contribution is -0.179. The quantitative estimate of drug-likeness (QED) is 0.757. The van der Waals surface area contributed by atoms with Gasteiger partial charge in [0.25, 0.3) is 0 Å². The normalized spacial score (nSPS) is 32.8. The Labute approximate surface area is 129 Å². The molecule has 0 aromatic carbocycles. The van der Waals surface area contributed by atoms with Crippen molar-refractivity contribution in [2.24, 2.45) is 11.3 Å². The van der Waals surface area contributed by atoms with Crippen molar-refractivity contribution in [1.29, 1.82) is 0 Å². The molecule has 6 heteroatoms. The first kappa shape index (κ1) is 16.8. The minimum Gasteiger partial charge on any atom is -0.481 e. The van der Waals surface area contributed by atoms with E-state index in [4.69, 9.17) is 9.84 Å². The molecular weight excluding hydrogens is 288 g/mol. The van der Waals surface area contributed by atoms with Gasteiger partial charge in [-0.15, -0.1) is 0 Å². The summed E-state index contributed by atoms with van der Waals surface area (Å²) in [6.45, 7) is 0. The fraction of sp³-hybridized carbons (Fsp3) is 0.812. The van der Waals surface area contributed by atoms with E-state index in [2.05, 4.69) is 0 Å². The van der Waals surface area contributed by atoms with Crippen molar-refractivity contribution in [1.82, 2.24) is 0 Å². The third-order valence-corrected chi connectivity index (χ3v) is 5.17. The Hall–Kier alpha value is -1.59. The molecule has 2 aliphatic rings. The molecule has 1 aliphatic carbocycles. The van der Waals surface area contributed by atoms with Crippen molar-refractivity contribution in [2.45, 2.75) is 70.3 Å². The van der Waals surface area contributed by atoms with Crippen LogP contribution in [0, 0.1) is 11.3 Å². The first-order valence-electron chi connectivity index (χ1n) is 8.11. The highest BCUT2D eigenvalue weighted by Crippen LogP contribution is 2.49. The smallest absolute Gasteiger partial charge is 0.313 e. The maximum Gasteiger partial charge on any atom is 0.313 e. The first-order chi connectivity index (χ1) is 10.5. The number of carboxylic acid groups (broad SMARTS) is 2. The van der Waals surface area contributed by atoms with Crippen LogP contribution in [0.2, 0.25) is 0 Å². The van der Waals surface area contributed by atoms with Gasteiger partial charge < -0.3 is 14.9 Å². The highest BCUT2D eigenvalue weighted by molar-refractivity contribution is 5.78. The van der Waals surface area contributed by atoms with Gasteiger partial charge in [0.15, 0.2) is 0 Å². The standard InChI is InChI=1S/C16H24O6/c17-13(18)9-8-11-5-3-4-10-16(11,15(20)21)12-6-1-2-7-14(19)22-12/h11-12H,1-10H2,(H,17,18)(H,20,21). The Morgan fingerprint density at radius 1 is 1.14 bits per heavy atom. The van der Waals surface area contributed by atoms with Crippen molar-refractivity contribution >= 4 is 17.9 Å². The fourth-order valence-electron chi connectivity index (χ4n) is 4.05. The second kappa shape index (κ2) is 7.11. The van der Waals surface area contributed by atoms with Gasteiger partial charge in [-0.05, 0) is 44.4 Å². The summed E-state index contributed by atoms with van der Waals surface area (Å²) >= 11 is 0. The number of cyclic esters (lactones) is 1. The van der Waals surface area contributed by atoms with Crippen LogP contribution < -0.4 is 0 Å². The number of esters is 1. The predicted molar refractivity (Wildman–Crippen MR) is 77.2 cm³/mol. The average Bonchev–Trinajstić information content (AvgIpc) is 2.69. The summed E-state index contributed by atoms with van der Waals surface area (Å²) in [5, 5.41) is 18.8. The van der Waals surface area contributed by atoms with Gasteiger partial charge in [-0.1, -0.05) is 12.8 Å². The highest BCUT2D eigenvalue weighted by Gasteiger charge is 2.54. The molecule has 0 amide bonds. The molecule has 0 bridgehead atoms. The first-order valence-corrected chi connectivity index (χ1v) is 8.11. The molecule has 2 fully saturated rings. The summed E-state index contributed by atoms with van der Waals surface area (Å²) in [4.78, 5) is 34.7. The second-order valence-corrected chi connectivity index (χ2v) is 6.44. The number of ether oxygens (including phenoxy) is 1. The van der Waals surface area contributed by atoms with Crippen LogP contribution >= 0.6 is 0 Å². The van der Waals surface area contributed by atoms with Gasteiger partial charge in [-0.2, -0.15) is 0 Å². The highest BCUT2D eigenvalue weighted by atomic mass is 16.5. The van der Waals surface area contributed by atoms with Crippen LogP contribution in [0.3, 0.4) is 0 Å². The van der Waals surface area contributed by atoms with Crippen molar-refractivity contribution in [3.8, 4) is 0 Å². The minimum absolute atomic E-state index is 0.0413.